The smallest absolute Gasteiger partial charge is 0.0963 e. The van der Waals surface area contributed by atoms with Gasteiger partial charge in [0.25, 0.3) is 0 Å². The SMILES string of the molecule is CNCC(OCCCc1ccccc1)c1ccccc1Cl. The number of rotatable bonds is 8. The zero-order valence-corrected chi connectivity index (χ0v) is 13.1. The highest BCUT2D eigenvalue weighted by molar-refractivity contribution is 6.31. The fourth-order valence-electron chi connectivity index (χ4n) is 2.33. The first-order valence-corrected chi connectivity index (χ1v) is 7.73. The lowest BCUT2D eigenvalue weighted by atomic mass is 10.1. The zero-order valence-electron chi connectivity index (χ0n) is 12.4. The first-order chi connectivity index (χ1) is 10.3. The molecule has 1 N–H and O–H groups in total. The van der Waals surface area contributed by atoms with Gasteiger partial charge in [0.05, 0.1) is 6.10 Å². The molecule has 1 atom stereocenters. The molecule has 0 aliphatic heterocycles. The Labute approximate surface area is 132 Å². The van der Waals surface area contributed by atoms with Gasteiger partial charge >= 0.3 is 0 Å². The van der Waals surface area contributed by atoms with Gasteiger partial charge in [-0.15, -0.1) is 0 Å². The maximum absolute atomic E-state index is 6.26. The van der Waals surface area contributed by atoms with Gasteiger partial charge in [0.2, 0.25) is 0 Å². The molecule has 0 bridgehead atoms. The van der Waals surface area contributed by atoms with Crippen molar-refractivity contribution in [2.45, 2.75) is 18.9 Å². The fourth-order valence-corrected chi connectivity index (χ4v) is 2.58. The standard InChI is InChI=1S/C18H22ClNO/c1-20-14-18(16-11-5-6-12-17(16)19)21-13-7-10-15-8-3-2-4-9-15/h2-6,8-9,11-12,18,20H,7,10,13-14H2,1H3. The van der Waals surface area contributed by atoms with Gasteiger partial charge in [0.15, 0.2) is 0 Å². The van der Waals surface area contributed by atoms with E-state index in [4.69, 9.17) is 16.3 Å². The number of benzene rings is 2. The summed E-state index contributed by atoms with van der Waals surface area (Å²) in [7, 11) is 1.93. The Morgan fingerprint density at radius 1 is 1.05 bits per heavy atom. The molecule has 21 heavy (non-hydrogen) atoms. The van der Waals surface area contributed by atoms with Crippen LogP contribution in [0.25, 0.3) is 0 Å². The highest BCUT2D eigenvalue weighted by Gasteiger charge is 2.13. The molecule has 0 radical (unpaired) electrons. The van der Waals surface area contributed by atoms with E-state index >= 15 is 0 Å². The first kappa shape index (κ1) is 16.0. The Bertz CT molecular complexity index is 530. The minimum absolute atomic E-state index is 0.000488. The second-order valence-corrected chi connectivity index (χ2v) is 5.43. The van der Waals surface area contributed by atoms with Crippen LogP contribution in [0.1, 0.15) is 23.7 Å². The Morgan fingerprint density at radius 2 is 1.76 bits per heavy atom. The van der Waals surface area contributed by atoms with Gasteiger partial charge in [-0.25, -0.2) is 0 Å². The summed E-state index contributed by atoms with van der Waals surface area (Å²) < 4.78 is 6.02. The number of hydrogen-bond donors (Lipinski definition) is 1. The van der Waals surface area contributed by atoms with Crippen LogP contribution in [0.3, 0.4) is 0 Å². The molecule has 1 unspecified atom stereocenters. The molecular weight excluding hydrogens is 282 g/mol. The summed E-state index contributed by atoms with van der Waals surface area (Å²) in [5.74, 6) is 0. The van der Waals surface area contributed by atoms with Crippen molar-refractivity contribution in [3.63, 3.8) is 0 Å². The molecule has 0 aliphatic rings. The summed E-state index contributed by atoms with van der Waals surface area (Å²) in [4.78, 5) is 0. The average Bonchev–Trinajstić information content (AvgIpc) is 2.52. The first-order valence-electron chi connectivity index (χ1n) is 7.36. The molecule has 0 saturated heterocycles. The quantitative estimate of drug-likeness (QED) is 0.736. The highest BCUT2D eigenvalue weighted by Crippen LogP contribution is 2.25. The average molecular weight is 304 g/mol. The van der Waals surface area contributed by atoms with Crippen LogP contribution in [0.5, 0.6) is 0 Å². The monoisotopic (exact) mass is 303 g/mol. The van der Waals surface area contributed by atoms with Crippen LogP contribution in [0.2, 0.25) is 5.02 Å². The van der Waals surface area contributed by atoms with Crippen molar-refractivity contribution < 1.29 is 4.74 Å². The molecule has 2 rings (SSSR count). The van der Waals surface area contributed by atoms with Gasteiger partial charge in [-0.05, 0) is 31.5 Å². The highest BCUT2D eigenvalue weighted by atomic mass is 35.5. The van der Waals surface area contributed by atoms with Crippen LogP contribution < -0.4 is 5.32 Å². The van der Waals surface area contributed by atoms with E-state index in [1.807, 2.05) is 37.4 Å². The third kappa shape index (κ3) is 5.16. The Hall–Kier alpha value is -1.35. The van der Waals surface area contributed by atoms with Crippen LogP contribution in [0.15, 0.2) is 54.6 Å². The molecular formula is C18H22ClNO. The molecule has 0 amide bonds. The van der Waals surface area contributed by atoms with Crippen LogP contribution in [-0.2, 0) is 11.2 Å². The maximum Gasteiger partial charge on any atom is 0.0963 e. The van der Waals surface area contributed by atoms with E-state index < -0.39 is 0 Å². The van der Waals surface area contributed by atoms with Crippen molar-refractivity contribution in [3.8, 4) is 0 Å². The fraction of sp³-hybridized carbons (Fsp3) is 0.333. The van der Waals surface area contributed by atoms with Crippen LogP contribution in [0, 0.1) is 0 Å². The summed E-state index contributed by atoms with van der Waals surface area (Å²) in [6.45, 7) is 1.49. The number of ether oxygens (including phenoxy) is 1. The summed E-state index contributed by atoms with van der Waals surface area (Å²) in [6, 6.07) is 18.4. The summed E-state index contributed by atoms with van der Waals surface area (Å²) in [6.07, 6.45) is 2.05. The van der Waals surface area contributed by atoms with Crippen molar-refractivity contribution in [2.24, 2.45) is 0 Å². The van der Waals surface area contributed by atoms with E-state index in [2.05, 4.69) is 29.6 Å². The molecule has 0 aliphatic carbocycles. The molecule has 2 aromatic carbocycles. The van der Waals surface area contributed by atoms with Crippen molar-refractivity contribution in [1.29, 1.82) is 0 Å². The number of hydrogen-bond acceptors (Lipinski definition) is 2. The lowest BCUT2D eigenvalue weighted by Gasteiger charge is -2.19. The zero-order chi connectivity index (χ0) is 14.9. The molecule has 2 aromatic rings. The van der Waals surface area contributed by atoms with Crippen LogP contribution >= 0.6 is 11.6 Å². The number of aryl methyl sites for hydroxylation is 1. The summed E-state index contributed by atoms with van der Waals surface area (Å²) >= 11 is 6.26. The lowest BCUT2D eigenvalue weighted by molar-refractivity contribution is 0.0524. The predicted octanol–water partition coefficient (Wildman–Crippen LogP) is 4.25. The van der Waals surface area contributed by atoms with Gasteiger partial charge < -0.3 is 10.1 Å². The third-order valence-electron chi connectivity index (χ3n) is 3.41. The minimum Gasteiger partial charge on any atom is -0.372 e. The second kappa shape index (κ2) is 8.83. The lowest BCUT2D eigenvalue weighted by Crippen LogP contribution is -2.20. The van der Waals surface area contributed by atoms with E-state index in [0.29, 0.717) is 0 Å². The van der Waals surface area contributed by atoms with Crippen molar-refractivity contribution in [3.05, 3.63) is 70.7 Å². The maximum atomic E-state index is 6.26. The molecule has 112 valence electrons. The Kier molecular flexibility index (Phi) is 6.74. The van der Waals surface area contributed by atoms with Gasteiger partial charge in [-0.1, -0.05) is 60.1 Å². The molecule has 0 fully saturated rings. The van der Waals surface area contributed by atoms with E-state index in [1.54, 1.807) is 0 Å². The van der Waals surface area contributed by atoms with Crippen LogP contribution in [0.4, 0.5) is 0 Å². The van der Waals surface area contributed by atoms with E-state index in [9.17, 15) is 0 Å². The molecule has 3 heteroatoms. The van der Waals surface area contributed by atoms with E-state index in [1.165, 1.54) is 5.56 Å². The van der Waals surface area contributed by atoms with Crippen molar-refractivity contribution in [1.82, 2.24) is 5.32 Å². The van der Waals surface area contributed by atoms with Gasteiger partial charge in [0.1, 0.15) is 0 Å². The van der Waals surface area contributed by atoms with Gasteiger partial charge in [0, 0.05) is 23.7 Å². The molecule has 2 nitrogen and oxygen atoms in total. The normalized spacial score (nSPS) is 12.3. The van der Waals surface area contributed by atoms with E-state index in [0.717, 1.165) is 36.6 Å². The molecule has 0 saturated carbocycles. The largest absolute Gasteiger partial charge is 0.372 e. The number of halogens is 1. The molecule has 0 heterocycles. The third-order valence-corrected chi connectivity index (χ3v) is 3.76. The van der Waals surface area contributed by atoms with Gasteiger partial charge in [-0.3, -0.25) is 0 Å². The molecule has 0 spiro atoms. The minimum atomic E-state index is -0.000488. The summed E-state index contributed by atoms with van der Waals surface area (Å²) in [5.41, 5.74) is 2.40. The Balaban J connectivity index is 1.85. The summed E-state index contributed by atoms with van der Waals surface area (Å²) in [5, 5.41) is 3.93. The van der Waals surface area contributed by atoms with Crippen molar-refractivity contribution in [2.75, 3.05) is 20.2 Å². The number of likely N-dealkylation sites (N-methyl/N-ethyl adjacent to an activating group) is 1. The second-order valence-electron chi connectivity index (χ2n) is 5.03. The topological polar surface area (TPSA) is 21.3 Å². The predicted molar refractivity (Wildman–Crippen MR) is 88.8 cm³/mol. The Morgan fingerprint density at radius 3 is 2.48 bits per heavy atom. The van der Waals surface area contributed by atoms with E-state index in [-0.39, 0.29) is 6.10 Å². The van der Waals surface area contributed by atoms with Crippen molar-refractivity contribution >= 4 is 11.6 Å². The van der Waals surface area contributed by atoms with Gasteiger partial charge in [-0.2, -0.15) is 0 Å². The molecule has 0 aromatic heterocycles. The number of nitrogens with one attached hydrogen (secondary N) is 1. The van der Waals surface area contributed by atoms with Crippen LogP contribution in [-0.4, -0.2) is 20.2 Å².